The SMILES string of the molecule is CN=C(NCc1nc(-c2ccc(Cl)cc2)no1)NCc1c(C)nn(C)c1C. The fourth-order valence-electron chi connectivity index (χ4n) is 2.67. The highest BCUT2D eigenvalue weighted by atomic mass is 35.5. The van der Waals surface area contributed by atoms with Crippen LogP contribution in [0.25, 0.3) is 11.4 Å². The largest absolute Gasteiger partial charge is 0.352 e. The van der Waals surface area contributed by atoms with Gasteiger partial charge in [-0.1, -0.05) is 16.8 Å². The summed E-state index contributed by atoms with van der Waals surface area (Å²) in [4.78, 5) is 8.61. The van der Waals surface area contributed by atoms with Gasteiger partial charge in [-0.05, 0) is 38.1 Å². The maximum absolute atomic E-state index is 5.90. The van der Waals surface area contributed by atoms with E-state index in [4.69, 9.17) is 16.1 Å². The van der Waals surface area contributed by atoms with E-state index in [9.17, 15) is 0 Å². The second-order valence-electron chi connectivity index (χ2n) is 6.07. The van der Waals surface area contributed by atoms with Gasteiger partial charge in [-0.25, -0.2) is 0 Å². The van der Waals surface area contributed by atoms with E-state index in [-0.39, 0.29) is 0 Å². The van der Waals surface area contributed by atoms with Crippen LogP contribution < -0.4 is 10.6 Å². The average molecular weight is 388 g/mol. The van der Waals surface area contributed by atoms with Crippen LogP contribution in [0.2, 0.25) is 5.02 Å². The van der Waals surface area contributed by atoms with Crippen LogP contribution in [0, 0.1) is 13.8 Å². The first-order valence-corrected chi connectivity index (χ1v) is 8.88. The number of nitrogens with zero attached hydrogens (tertiary/aromatic N) is 5. The molecule has 8 nitrogen and oxygen atoms in total. The van der Waals surface area contributed by atoms with E-state index < -0.39 is 0 Å². The summed E-state index contributed by atoms with van der Waals surface area (Å²) in [5, 5.41) is 15.5. The number of rotatable bonds is 5. The lowest BCUT2D eigenvalue weighted by Gasteiger charge is -2.10. The lowest BCUT2D eigenvalue weighted by atomic mass is 10.2. The van der Waals surface area contributed by atoms with Gasteiger partial charge in [0.15, 0.2) is 5.96 Å². The summed E-state index contributed by atoms with van der Waals surface area (Å²) in [7, 11) is 3.65. The van der Waals surface area contributed by atoms with Gasteiger partial charge in [0.25, 0.3) is 0 Å². The second-order valence-corrected chi connectivity index (χ2v) is 6.51. The van der Waals surface area contributed by atoms with E-state index in [0.29, 0.717) is 35.8 Å². The molecule has 3 rings (SSSR count). The first kappa shape index (κ1) is 18.9. The van der Waals surface area contributed by atoms with Gasteiger partial charge >= 0.3 is 0 Å². The summed E-state index contributed by atoms with van der Waals surface area (Å²) in [5.74, 6) is 1.63. The molecule has 0 aliphatic carbocycles. The van der Waals surface area contributed by atoms with Crippen molar-refractivity contribution >= 4 is 17.6 Å². The average Bonchev–Trinajstić information content (AvgIpc) is 3.22. The fourth-order valence-corrected chi connectivity index (χ4v) is 2.79. The minimum absolute atomic E-state index is 0.366. The molecule has 0 amide bonds. The summed E-state index contributed by atoms with van der Waals surface area (Å²) in [6, 6.07) is 7.28. The molecule has 0 saturated carbocycles. The Morgan fingerprint density at radius 3 is 2.52 bits per heavy atom. The van der Waals surface area contributed by atoms with Crippen LogP contribution in [0.1, 0.15) is 22.8 Å². The molecule has 0 aliphatic rings. The molecule has 142 valence electrons. The molecule has 3 aromatic rings. The molecule has 0 saturated heterocycles. The van der Waals surface area contributed by atoms with Crippen molar-refractivity contribution in [1.29, 1.82) is 0 Å². The Morgan fingerprint density at radius 2 is 1.89 bits per heavy atom. The molecule has 2 aromatic heterocycles. The molecule has 0 fully saturated rings. The number of benzene rings is 1. The number of nitrogens with one attached hydrogen (secondary N) is 2. The first-order valence-electron chi connectivity index (χ1n) is 8.50. The lowest BCUT2D eigenvalue weighted by Crippen LogP contribution is -2.36. The van der Waals surface area contributed by atoms with Gasteiger partial charge in [0.05, 0.1) is 12.2 Å². The summed E-state index contributed by atoms with van der Waals surface area (Å²) in [6.07, 6.45) is 0. The molecular formula is C18H22ClN7O. The van der Waals surface area contributed by atoms with E-state index in [1.165, 1.54) is 0 Å². The zero-order valence-electron chi connectivity index (χ0n) is 15.7. The molecular weight excluding hydrogens is 366 g/mol. The van der Waals surface area contributed by atoms with Crippen molar-refractivity contribution in [2.75, 3.05) is 7.05 Å². The zero-order valence-corrected chi connectivity index (χ0v) is 16.5. The molecule has 9 heteroatoms. The van der Waals surface area contributed by atoms with Crippen molar-refractivity contribution in [2.24, 2.45) is 12.0 Å². The van der Waals surface area contributed by atoms with Gasteiger partial charge in [0.1, 0.15) is 0 Å². The smallest absolute Gasteiger partial charge is 0.246 e. The van der Waals surface area contributed by atoms with Crippen molar-refractivity contribution in [2.45, 2.75) is 26.9 Å². The van der Waals surface area contributed by atoms with Crippen LogP contribution in [0.5, 0.6) is 0 Å². The molecule has 0 aliphatic heterocycles. The van der Waals surface area contributed by atoms with Crippen LogP contribution in [0.4, 0.5) is 0 Å². The topological polar surface area (TPSA) is 93.2 Å². The van der Waals surface area contributed by atoms with Crippen molar-refractivity contribution in [3.63, 3.8) is 0 Å². The molecule has 0 spiro atoms. The highest BCUT2D eigenvalue weighted by Crippen LogP contribution is 2.18. The maximum Gasteiger partial charge on any atom is 0.246 e. The normalized spacial score (nSPS) is 11.7. The van der Waals surface area contributed by atoms with Crippen LogP contribution in [0.15, 0.2) is 33.8 Å². The number of hydrogen-bond acceptors (Lipinski definition) is 5. The second kappa shape index (κ2) is 8.22. The standard InChI is InChI=1S/C18H22ClN7O/c1-11-15(12(2)26(4)24-11)9-21-18(20-3)22-10-16-23-17(25-27-16)13-5-7-14(19)8-6-13/h5-8H,9-10H2,1-4H3,(H2,20,21,22). The van der Waals surface area contributed by atoms with Crippen LogP contribution in [-0.4, -0.2) is 32.9 Å². The third kappa shape index (κ3) is 4.46. The highest BCUT2D eigenvalue weighted by molar-refractivity contribution is 6.30. The summed E-state index contributed by atoms with van der Waals surface area (Å²) in [5.41, 5.74) is 4.13. The van der Waals surface area contributed by atoms with Gasteiger partial charge < -0.3 is 15.2 Å². The number of aromatic nitrogens is 4. The van der Waals surface area contributed by atoms with Crippen molar-refractivity contribution in [3.05, 3.63) is 52.1 Å². The van der Waals surface area contributed by atoms with Crippen molar-refractivity contribution in [3.8, 4) is 11.4 Å². The van der Waals surface area contributed by atoms with Gasteiger partial charge in [0, 0.05) is 42.5 Å². The zero-order chi connectivity index (χ0) is 19.4. The maximum atomic E-state index is 5.90. The Hall–Kier alpha value is -2.87. The molecule has 0 bridgehead atoms. The monoisotopic (exact) mass is 387 g/mol. The highest BCUT2D eigenvalue weighted by Gasteiger charge is 2.11. The molecule has 0 unspecified atom stereocenters. The molecule has 2 N–H and O–H groups in total. The number of guanidine groups is 1. The Bertz CT molecular complexity index is 943. The fraction of sp³-hybridized carbons (Fsp3) is 0.333. The summed E-state index contributed by atoms with van der Waals surface area (Å²) < 4.78 is 7.17. The Kier molecular flexibility index (Phi) is 5.75. The van der Waals surface area contributed by atoms with Gasteiger partial charge in [-0.2, -0.15) is 10.1 Å². The number of aliphatic imine (C=N–C) groups is 1. The molecule has 1 aromatic carbocycles. The van der Waals surface area contributed by atoms with Crippen molar-refractivity contribution < 1.29 is 4.52 Å². The third-order valence-electron chi connectivity index (χ3n) is 4.29. The number of aryl methyl sites for hydroxylation is 2. The van der Waals surface area contributed by atoms with Gasteiger partial charge in [-0.3, -0.25) is 9.67 Å². The molecule has 0 atom stereocenters. The predicted molar refractivity (Wildman–Crippen MR) is 104 cm³/mol. The van der Waals surface area contributed by atoms with Crippen LogP contribution in [-0.2, 0) is 20.1 Å². The summed E-state index contributed by atoms with van der Waals surface area (Å²) >= 11 is 5.90. The Balaban J connectivity index is 1.57. The van der Waals surface area contributed by atoms with E-state index in [1.54, 1.807) is 19.2 Å². The molecule has 2 heterocycles. The van der Waals surface area contributed by atoms with Crippen LogP contribution in [0.3, 0.4) is 0 Å². The molecule has 27 heavy (non-hydrogen) atoms. The third-order valence-corrected chi connectivity index (χ3v) is 4.54. The van der Waals surface area contributed by atoms with Crippen LogP contribution >= 0.6 is 11.6 Å². The van der Waals surface area contributed by atoms with E-state index in [1.807, 2.05) is 37.7 Å². The van der Waals surface area contributed by atoms with E-state index in [0.717, 1.165) is 22.5 Å². The minimum atomic E-state index is 0.366. The minimum Gasteiger partial charge on any atom is -0.352 e. The van der Waals surface area contributed by atoms with Crippen molar-refractivity contribution in [1.82, 2.24) is 30.6 Å². The quantitative estimate of drug-likeness (QED) is 0.516. The Labute approximate surface area is 162 Å². The summed E-state index contributed by atoms with van der Waals surface area (Å²) in [6.45, 7) is 5.04. The van der Waals surface area contributed by atoms with E-state index in [2.05, 4.69) is 30.9 Å². The van der Waals surface area contributed by atoms with Gasteiger partial charge in [-0.15, -0.1) is 0 Å². The van der Waals surface area contributed by atoms with E-state index >= 15 is 0 Å². The number of halogens is 1. The van der Waals surface area contributed by atoms with Gasteiger partial charge in [0.2, 0.25) is 11.7 Å². The Morgan fingerprint density at radius 1 is 1.19 bits per heavy atom. The molecule has 0 radical (unpaired) electrons. The number of hydrogen-bond donors (Lipinski definition) is 2. The predicted octanol–water partition coefficient (Wildman–Crippen LogP) is 2.61. The lowest BCUT2D eigenvalue weighted by molar-refractivity contribution is 0.375. The first-order chi connectivity index (χ1) is 13.0.